The zero-order chi connectivity index (χ0) is 20.4. The largest absolute Gasteiger partial charge is 0.461 e. The first kappa shape index (κ1) is 23.3. The van der Waals surface area contributed by atoms with E-state index in [-0.39, 0.29) is 36.9 Å². The number of amides is 1. The zero-order valence-electron chi connectivity index (χ0n) is 17.0. The summed E-state index contributed by atoms with van der Waals surface area (Å²) in [5.41, 5.74) is 0. The van der Waals surface area contributed by atoms with Crippen molar-refractivity contribution in [1.82, 2.24) is 5.32 Å². The second-order valence-corrected chi connectivity index (χ2v) is 7.70. The molecule has 1 aliphatic carbocycles. The Bertz CT molecular complexity index is 513. The van der Waals surface area contributed by atoms with Gasteiger partial charge in [-0.3, -0.25) is 9.59 Å². The first-order valence-corrected chi connectivity index (χ1v) is 9.94. The molecule has 0 aliphatic heterocycles. The molecule has 0 aromatic rings. The van der Waals surface area contributed by atoms with Crippen molar-refractivity contribution >= 4 is 23.9 Å². The first-order chi connectivity index (χ1) is 12.7. The number of hydrogen-bond acceptors (Lipinski definition) is 6. The van der Waals surface area contributed by atoms with Gasteiger partial charge in [-0.1, -0.05) is 19.3 Å². The van der Waals surface area contributed by atoms with E-state index in [1.165, 1.54) is 6.42 Å². The summed E-state index contributed by atoms with van der Waals surface area (Å²) < 4.78 is 11.1. The quantitative estimate of drug-likeness (QED) is 0.422. The number of carbonyl (C=O) groups is 3. The molecule has 1 amide bonds. The topological polar surface area (TPSA) is 106 Å². The Morgan fingerprint density at radius 1 is 1.07 bits per heavy atom. The predicted molar refractivity (Wildman–Crippen MR) is 103 cm³/mol. The molecule has 0 bridgehead atoms. The average Bonchev–Trinajstić information content (AvgIpc) is 2.62. The molecule has 1 fully saturated rings. The van der Waals surface area contributed by atoms with E-state index in [4.69, 9.17) is 14.9 Å². The highest BCUT2D eigenvalue weighted by molar-refractivity contribution is 6.26. The Kier molecular flexibility index (Phi) is 10.2. The average molecular weight is 383 g/mol. The van der Waals surface area contributed by atoms with E-state index < -0.39 is 23.9 Å². The van der Waals surface area contributed by atoms with Gasteiger partial charge < -0.3 is 20.2 Å². The number of ketones is 1. The summed E-state index contributed by atoms with van der Waals surface area (Å²) >= 11 is 0. The predicted octanol–water partition coefficient (Wildman–Crippen LogP) is 2.80. The molecule has 0 aromatic carbocycles. The van der Waals surface area contributed by atoms with Crippen molar-refractivity contribution in [2.75, 3.05) is 0 Å². The maximum Gasteiger partial charge on any atom is 0.328 e. The lowest BCUT2D eigenvalue weighted by Gasteiger charge is -2.31. The number of Topliss-reactive ketones (excluding diaryl/α,β-unsaturated/α-hetero) is 1. The van der Waals surface area contributed by atoms with Crippen LogP contribution in [0.25, 0.3) is 0 Å². The number of carbonyl (C=O) groups excluding carboxylic acids is 3. The lowest BCUT2D eigenvalue weighted by Crippen LogP contribution is -2.50. The minimum absolute atomic E-state index is 0.000769. The van der Waals surface area contributed by atoms with Gasteiger partial charge >= 0.3 is 5.97 Å². The molecule has 1 aliphatic rings. The fourth-order valence-electron chi connectivity index (χ4n) is 3.29. The molecule has 2 atom stereocenters. The van der Waals surface area contributed by atoms with Crippen molar-refractivity contribution in [3.05, 3.63) is 0 Å². The number of nitrogens with one attached hydrogen (secondary N) is 2. The first-order valence-electron chi connectivity index (χ1n) is 9.94. The molecule has 0 aromatic heterocycles. The Hall–Kier alpha value is -1.76. The molecule has 0 radical (unpaired) electrons. The van der Waals surface area contributed by atoms with Crippen LogP contribution in [0.3, 0.4) is 0 Å². The van der Waals surface area contributed by atoms with Crippen molar-refractivity contribution in [3.8, 4) is 0 Å². The summed E-state index contributed by atoms with van der Waals surface area (Å²) in [7, 11) is 0. The van der Waals surface area contributed by atoms with E-state index in [1.807, 2.05) is 13.8 Å². The molecule has 27 heavy (non-hydrogen) atoms. The molecule has 154 valence electrons. The van der Waals surface area contributed by atoms with Crippen LogP contribution in [0.15, 0.2) is 0 Å². The second kappa shape index (κ2) is 11.8. The van der Waals surface area contributed by atoms with E-state index in [0.717, 1.165) is 31.9 Å². The molecule has 7 nitrogen and oxygen atoms in total. The van der Waals surface area contributed by atoms with Crippen LogP contribution in [-0.2, 0) is 23.9 Å². The minimum atomic E-state index is -0.925. The molecule has 0 unspecified atom stereocenters. The standard InChI is InChI=1S/C20H34N2O5/c1-13(2)26-18(15-8-6-5-7-9-15)19(24)22-17(11-10-16(23)12-21)20(25)27-14(3)4/h12-15,17-18,21H,5-11H2,1-4H3,(H,22,24)/t17-,18-/m0/s1. The maximum absolute atomic E-state index is 12.9. The molecule has 1 saturated carbocycles. The highest BCUT2D eigenvalue weighted by Crippen LogP contribution is 2.29. The summed E-state index contributed by atoms with van der Waals surface area (Å²) in [5.74, 6) is -1.16. The van der Waals surface area contributed by atoms with Gasteiger partial charge in [-0.25, -0.2) is 4.79 Å². The van der Waals surface area contributed by atoms with Crippen LogP contribution in [0, 0.1) is 11.3 Å². The van der Waals surface area contributed by atoms with Gasteiger partial charge in [0, 0.05) is 6.42 Å². The summed E-state index contributed by atoms with van der Waals surface area (Å²) in [5, 5.41) is 9.73. The highest BCUT2D eigenvalue weighted by atomic mass is 16.5. The van der Waals surface area contributed by atoms with Crippen LogP contribution in [0.4, 0.5) is 0 Å². The smallest absolute Gasteiger partial charge is 0.328 e. The molecule has 0 heterocycles. The normalized spacial score (nSPS) is 17.4. The van der Waals surface area contributed by atoms with Gasteiger partial charge in [-0.05, 0) is 52.9 Å². The van der Waals surface area contributed by atoms with Crippen molar-refractivity contribution in [2.45, 2.75) is 97.0 Å². The third-order valence-electron chi connectivity index (χ3n) is 4.55. The Balaban J connectivity index is 2.85. The van der Waals surface area contributed by atoms with Crippen LogP contribution in [0.1, 0.15) is 72.6 Å². The summed E-state index contributed by atoms with van der Waals surface area (Å²) in [4.78, 5) is 36.7. The van der Waals surface area contributed by atoms with E-state index in [2.05, 4.69) is 5.32 Å². The Morgan fingerprint density at radius 3 is 2.22 bits per heavy atom. The van der Waals surface area contributed by atoms with Gasteiger partial charge in [0.05, 0.1) is 18.4 Å². The second-order valence-electron chi connectivity index (χ2n) is 7.70. The van der Waals surface area contributed by atoms with Crippen molar-refractivity contribution < 1.29 is 23.9 Å². The molecule has 0 spiro atoms. The molecular weight excluding hydrogens is 348 g/mol. The zero-order valence-corrected chi connectivity index (χ0v) is 17.0. The molecule has 1 rings (SSSR count). The molecular formula is C20H34N2O5. The maximum atomic E-state index is 12.9. The number of rotatable bonds is 11. The van der Waals surface area contributed by atoms with Crippen LogP contribution in [0.5, 0.6) is 0 Å². The third-order valence-corrected chi connectivity index (χ3v) is 4.55. The van der Waals surface area contributed by atoms with E-state index >= 15 is 0 Å². The van der Waals surface area contributed by atoms with Gasteiger partial charge in [0.1, 0.15) is 12.1 Å². The summed E-state index contributed by atoms with van der Waals surface area (Å²) in [6.45, 7) is 7.23. The van der Waals surface area contributed by atoms with Crippen LogP contribution in [0.2, 0.25) is 0 Å². The fraction of sp³-hybridized carbons (Fsp3) is 0.800. The number of hydrogen-bond donors (Lipinski definition) is 2. The lowest BCUT2D eigenvalue weighted by atomic mass is 9.84. The molecule has 0 saturated heterocycles. The Morgan fingerprint density at radius 2 is 1.70 bits per heavy atom. The fourth-order valence-corrected chi connectivity index (χ4v) is 3.29. The van der Waals surface area contributed by atoms with Gasteiger partial charge in [-0.15, -0.1) is 0 Å². The van der Waals surface area contributed by atoms with E-state index in [1.54, 1.807) is 13.8 Å². The van der Waals surface area contributed by atoms with Crippen LogP contribution < -0.4 is 5.32 Å². The summed E-state index contributed by atoms with van der Waals surface area (Å²) in [6, 6.07) is -0.925. The Labute approximate surface area is 162 Å². The van der Waals surface area contributed by atoms with Gasteiger partial charge in [0.15, 0.2) is 5.78 Å². The molecule has 7 heteroatoms. The molecule has 2 N–H and O–H groups in total. The number of ether oxygens (including phenoxy) is 2. The minimum Gasteiger partial charge on any atom is -0.461 e. The van der Waals surface area contributed by atoms with Gasteiger partial charge in [0.25, 0.3) is 0 Å². The SMILES string of the molecule is CC(C)OC(=O)[C@H](CCC(=O)C=N)NC(=O)[C@@H](OC(C)C)C1CCCCC1. The highest BCUT2D eigenvalue weighted by Gasteiger charge is 2.34. The van der Waals surface area contributed by atoms with E-state index in [9.17, 15) is 14.4 Å². The van der Waals surface area contributed by atoms with Crippen molar-refractivity contribution in [1.29, 1.82) is 5.41 Å². The van der Waals surface area contributed by atoms with Crippen molar-refractivity contribution in [2.24, 2.45) is 5.92 Å². The van der Waals surface area contributed by atoms with Crippen molar-refractivity contribution in [3.63, 3.8) is 0 Å². The van der Waals surface area contributed by atoms with Crippen LogP contribution >= 0.6 is 0 Å². The van der Waals surface area contributed by atoms with E-state index in [0.29, 0.717) is 0 Å². The number of esters is 1. The third kappa shape index (κ3) is 8.65. The van der Waals surface area contributed by atoms with Gasteiger partial charge in [-0.2, -0.15) is 0 Å². The monoisotopic (exact) mass is 382 g/mol. The van der Waals surface area contributed by atoms with Crippen LogP contribution in [-0.4, -0.2) is 48.2 Å². The lowest BCUT2D eigenvalue weighted by molar-refractivity contribution is -0.154. The summed E-state index contributed by atoms with van der Waals surface area (Å²) in [6.07, 6.45) is 4.95. The van der Waals surface area contributed by atoms with Gasteiger partial charge in [0.2, 0.25) is 5.91 Å².